The van der Waals surface area contributed by atoms with Crippen molar-refractivity contribution in [3.05, 3.63) is 58.4 Å². The molecule has 0 N–H and O–H groups in total. The number of aromatic nitrogens is 1. The Balaban J connectivity index is 3.01. The van der Waals surface area contributed by atoms with E-state index >= 15 is 0 Å². The smallest absolute Gasteiger partial charge is 0.340 e. The normalized spacial score (nSPS) is 11.7. The first kappa shape index (κ1) is 23.7. The minimum absolute atomic E-state index is 0.0559. The number of halogens is 2. The number of pyridine rings is 1. The van der Waals surface area contributed by atoms with E-state index in [4.69, 9.17) is 9.72 Å². The molecule has 0 aliphatic heterocycles. The summed E-state index contributed by atoms with van der Waals surface area (Å²) < 4.78 is 33.2. The number of carbonyl (C=O) groups excluding carboxylic acids is 1. The predicted octanol–water partition coefficient (Wildman–Crippen LogP) is 7.26. The highest BCUT2D eigenvalue weighted by atomic mass is 19.2. The molecule has 0 atom stereocenters. The highest BCUT2D eigenvalue weighted by molar-refractivity contribution is 6.01. The molecule has 1 heterocycles. The minimum Gasteiger partial charge on any atom is -0.462 e. The van der Waals surface area contributed by atoms with Gasteiger partial charge in [-0.05, 0) is 42.9 Å². The zero-order valence-electron chi connectivity index (χ0n) is 18.7. The van der Waals surface area contributed by atoms with Crippen LogP contribution in [0.1, 0.15) is 93.5 Å². The van der Waals surface area contributed by atoms with E-state index in [-0.39, 0.29) is 18.4 Å². The summed E-state index contributed by atoms with van der Waals surface area (Å²) >= 11 is 0. The summed E-state index contributed by atoms with van der Waals surface area (Å²) in [6, 6.07) is 3.73. The summed E-state index contributed by atoms with van der Waals surface area (Å²) in [7, 11) is 0. The molecule has 0 spiro atoms. The summed E-state index contributed by atoms with van der Waals surface area (Å²) in [6.45, 7) is 12.0. The number of esters is 1. The van der Waals surface area contributed by atoms with Gasteiger partial charge in [-0.3, -0.25) is 4.98 Å². The molecule has 0 fully saturated rings. The molecule has 0 amide bonds. The molecule has 0 saturated heterocycles. The Kier molecular flexibility index (Phi) is 8.27. The van der Waals surface area contributed by atoms with E-state index in [9.17, 15) is 13.6 Å². The minimum atomic E-state index is -0.959. The molecule has 2 aromatic rings. The molecule has 0 bridgehead atoms. The number of benzene rings is 1. The average Bonchev–Trinajstić information content (AvgIpc) is 2.69. The van der Waals surface area contributed by atoms with E-state index < -0.39 is 17.6 Å². The summed E-state index contributed by atoms with van der Waals surface area (Å²) in [5.41, 5.74) is 3.46. The maximum absolute atomic E-state index is 14.2. The van der Waals surface area contributed by atoms with Gasteiger partial charge in [0, 0.05) is 11.1 Å². The lowest BCUT2D eigenvalue weighted by atomic mass is 9.86. The fraction of sp³-hybridized carbons (Fsp3) is 0.440. The molecule has 1 aromatic heterocycles. The lowest BCUT2D eigenvalue weighted by Gasteiger charge is -2.22. The fourth-order valence-electron chi connectivity index (χ4n) is 3.39. The van der Waals surface area contributed by atoms with E-state index in [1.165, 1.54) is 6.07 Å². The lowest BCUT2D eigenvalue weighted by molar-refractivity contribution is 0.0525. The standard InChI is InChI=1S/C25H31F2NO2/c1-7-9-10-11-18-21(17-12-13-19(26)20(27)14-17)22(25(29)30-8-2)24(16(5)6)28-23(18)15(3)4/h10-16H,7-9H2,1-6H3. The number of unbranched alkanes of at least 4 members (excludes halogenated alkanes) is 1. The quantitative estimate of drug-likeness (QED) is 0.426. The van der Waals surface area contributed by atoms with Gasteiger partial charge in [0.2, 0.25) is 0 Å². The number of nitrogens with zero attached hydrogens (tertiary/aromatic N) is 1. The number of rotatable bonds is 8. The van der Waals surface area contributed by atoms with Gasteiger partial charge in [0.1, 0.15) is 0 Å². The van der Waals surface area contributed by atoms with E-state index in [1.807, 2.05) is 39.8 Å². The molecule has 0 saturated carbocycles. The zero-order chi connectivity index (χ0) is 22.4. The molecule has 162 valence electrons. The molecular formula is C25H31F2NO2. The summed E-state index contributed by atoms with van der Waals surface area (Å²) in [5.74, 6) is -2.38. The van der Waals surface area contributed by atoms with Gasteiger partial charge in [-0.1, -0.05) is 59.3 Å². The predicted molar refractivity (Wildman–Crippen MR) is 118 cm³/mol. The molecule has 2 rings (SSSR count). The van der Waals surface area contributed by atoms with Gasteiger partial charge in [-0.25, -0.2) is 13.6 Å². The molecule has 5 heteroatoms. The topological polar surface area (TPSA) is 39.2 Å². The molecule has 1 aromatic carbocycles. The van der Waals surface area contributed by atoms with Crippen LogP contribution in [0.15, 0.2) is 24.3 Å². The molecule has 30 heavy (non-hydrogen) atoms. The van der Waals surface area contributed by atoms with Crippen molar-refractivity contribution >= 4 is 12.0 Å². The van der Waals surface area contributed by atoms with Gasteiger partial charge in [0.05, 0.1) is 23.6 Å². The maximum atomic E-state index is 14.2. The van der Waals surface area contributed by atoms with Crippen molar-refractivity contribution < 1.29 is 18.3 Å². The van der Waals surface area contributed by atoms with Gasteiger partial charge >= 0.3 is 5.97 Å². The summed E-state index contributed by atoms with van der Waals surface area (Å²) in [5, 5.41) is 0. The lowest BCUT2D eigenvalue weighted by Crippen LogP contribution is -2.16. The number of hydrogen-bond acceptors (Lipinski definition) is 3. The van der Waals surface area contributed by atoms with Gasteiger partial charge in [0.25, 0.3) is 0 Å². The Morgan fingerprint density at radius 2 is 1.73 bits per heavy atom. The number of hydrogen-bond donors (Lipinski definition) is 0. The van der Waals surface area contributed by atoms with Crippen molar-refractivity contribution in [1.82, 2.24) is 4.98 Å². The maximum Gasteiger partial charge on any atom is 0.340 e. The molecule has 0 unspecified atom stereocenters. The second kappa shape index (κ2) is 10.5. The van der Waals surface area contributed by atoms with Crippen molar-refractivity contribution in [3.8, 4) is 11.1 Å². The second-order valence-corrected chi connectivity index (χ2v) is 7.90. The first-order valence-corrected chi connectivity index (χ1v) is 10.6. The van der Waals surface area contributed by atoms with E-state index in [0.717, 1.165) is 36.2 Å². The van der Waals surface area contributed by atoms with E-state index in [0.29, 0.717) is 22.4 Å². The number of carbonyl (C=O) groups is 1. The van der Waals surface area contributed by atoms with Crippen LogP contribution in [0.5, 0.6) is 0 Å². The largest absolute Gasteiger partial charge is 0.462 e. The van der Waals surface area contributed by atoms with Crippen molar-refractivity contribution in [1.29, 1.82) is 0 Å². The summed E-state index contributed by atoms with van der Waals surface area (Å²) in [4.78, 5) is 17.9. The first-order valence-electron chi connectivity index (χ1n) is 10.6. The van der Waals surface area contributed by atoms with Crippen molar-refractivity contribution in [2.24, 2.45) is 0 Å². The molecular weight excluding hydrogens is 384 g/mol. The Morgan fingerprint density at radius 1 is 1.07 bits per heavy atom. The third kappa shape index (κ3) is 5.13. The molecule has 0 aliphatic carbocycles. The highest BCUT2D eigenvalue weighted by Gasteiger charge is 2.28. The van der Waals surface area contributed by atoms with Crippen molar-refractivity contribution in [2.45, 2.75) is 66.2 Å². The van der Waals surface area contributed by atoms with Crippen molar-refractivity contribution in [3.63, 3.8) is 0 Å². The van der Waals surface area contributed by atoms with Gasteiger partial charge in [0.15, 0.2) is 11.6 Å². The summed E-state index contributed by atoms with van der Waals surface area (Å²) in [6.07, 6.45) is 5.79. The Hall–Kier alpha value is -2.56. The van der Waals surface area contributed by atoms with Crippen LogP contribution < -0.4 is 0 Å². The van der Waals surface area contributed by atoms with Crippen LogP contribution in [0, 0.1) is 11.6 Å². The third-order valence-electron chi connectivity index (χ3n) is 4.81. The van der Waals surface area contributed by atoms with Crippen molar-refractivity contribution in [2.75, 3.05) is 6.61 Å². The Labute approximate surface area is 178 Å². The highest BCUT2D eigenvalue weighted by Crippen LogP contribution is 2.38. The van der Waals surface area contributed by atoms with Crippen LogP contribution in [0.3, 0.4) is 0 Å². The number of ether oxygens (including phenoxy) is 1. The zero-order valence-corrected chi connectivity index (χ0v) is 18.7. The van der Waals surface area contributed by atoms with Crippen LogP contribution in [-0.2, 0) is 4.74 Å². The number of allylic oxidation sites excluding steroid dienone is 1. The van der Waals surface area contributed by atoms with Crippen LogP contribution >= 0.6 is 0 Å². The van der Waals surface area contributed by atoms with Crippen LogP contribution in [-0.4, -0.2) is 17.6 Å². The van der Waals surface area contributed by atoms with Gasteiger partial charge in [-0.15, -0.1) is 0 Å². The Morgan fingerprint density at radius 3 is 2.27 bits per heavy atom. The van der Waals surface area contributed by atoms with Crippen LogP contribution in [0.4, 0.5) is 8.78 Å². The SMILES string of the molecule is CCCC=Cc1c(C(C)C)nc(C(C)C)c(C(=O)OCC)c1-c1ccc(F)c(F)c1. The average molecular weight is 416 g/mol. The monoisotopic (exact) mass is 415 g/mol. The fourth-order valence-corrected chi connectivity index (χ4v) is 3.39. The first-order chi connectivity index (χ1) is 14.2. The van der Waals surface area contributed by atoms with E-state index in [1.54, 1.807) is 6.92 Å². The molecule has 3 nitrogen and oxygen atoms in total. The third-order valence-corrected chi connectivity index (χ3v) is 4.81. The van der Waals surface area contributed by atoms with Gasteiger partial charge in [-0.2, -0.15) is 0 Å². The molecule has 0 radical (unpaired) electrons. The van der Waals surface area contributed by atoms with E-state index in [2.05, 4.69) is 6.92 Å². The van der Waals surface area contributed by atoms with Crippen LogP contribution in [0.2, 0.25) is 0 Å². The van der Waals surface area contributed by atoms with Gasteiger partial charge < -0.3 is 4.74 Å². The van der Waals surface area contributed by atoms with Crippen LogP contribution in [0.25, 0.3) is 17.2 Å². The second-order valence-electron chi connectivity index (χ2n) is 7.90. The molecule has 0 aliphatic rings. The Bertz CT molecular complexity index is 933.